The molecular weight excluding hydrogens is 100 g/mol. The minimum absolute atomic E-state index is 0.769. The van der Waals surface area contributed by atoms with Gasteiger partial charge in [0.15, 0.2) is 0 Å². The predicted octanol–water partition coefficient (Wildman–Crippen LogP) is 2.38. The van der Waals surface area contributed by atoms with Crippen LogP contribution in [0.5, 0.6) is 0 Å². The Morgan fingerprint density at radius 2 is 2.25 bits per heavy atom. The first-order valence-corrected chi connectivity index (χ1v) is 2.81. The number of azo groups is 1. The molecule has 0 N–H and O–H groups in total. The topological polar surface area (TPSA) is 24.7 Å². The first kappa shape index (κ1) is 7.34. The number of allylic oxidation sites excluding steroid dienone is 2. The lowest BCUT2D eigenvalue weighted by atomic mass is 10.5. The van der Waals surface area contributed by atoms with Crippen molar-refractivity contribution in [1.82, 2.24) is 0 Å². The van der Waals surface area contributed by atoms with Gasteiger partial charge in [0.2, 0.25) is 0 Å². The third kappa shape index (κ3) is 3.53. The number of hydrogen-bond acceptors (Lipinski definition) is 2. The van der Waals surface area contributed by atoms with Crippen molar-refractivity contribution in [2.45, 2.75) is 20.8 Å². The Kier molecular flexibility index (Phi) is 4.13. The van der Waals surface area contributed by atoms with Crippen LogP contribution in [0.15, 0.2) is 22.0 Å². The minimum atomic E-state index is 0.769. The summed E-state index contributed by atoms with van der Waals surface area (Å²) in [6.07, 6.45) is 1.93. The van der Waals surface area contributed by atoms with E-state index < -0.39 is 0 Å². The summed E-state index contributed by atoms with van der Waals surface area (Å²) in [4.78, 5) is 0. The molecule has 0 aliphatic rings. The second-order valence-electron chi connectivity index (χ2n) is 1.49. The number of hydrogen-bond donors (Lipinski definition) is 0. The highest BCUT2D eigenvalue weighted by atomic mass is 15.1. The van der Waals surface area contributed by atoms with Gasteiger partial charge in [0.1, 0.15) is 0 Å². The molecule has 0 atom stereocenters. The molecule has 0 bridgehead atoms. The number of nitrogens with zero attached hydrogens (tertiary/aromatic N) is 2. The highest BCUT2D eigenvalue weighted by Gasteiger charge is 1.74. The number of rotatable bonds is 2. The zero-order valence-corrected chi connectivity index (χ0v) is 5.68. The monoisotopic (exact) mass is 112 g/mol. The molecule has 0 fully saturated rings. The highest BCUT2D eigenvalue weighted by molar-refractivity contribution is 4.90. The zero-order valence-electron chi connectivity index (χ0n) is 5.68. The van der Waals surface area contributed by atoms with Crippen LogP contribution >= 0.6 is 0 Å². The summed E-state index contributed by atoms with van der Waals surface area (Å²) < 4.78 is 0. The van der Waals surface area contributed by atoms with Crippen LogP contribution in [0.25, 0.3) is 0 Å². The SMILES string of the molecule is C/C=C(C)\N=N/CC. The van der Waals surface area contributed by atoms with Crippen LogP contribution in [-0.2, 0) is 0 Å². The summed E-state index contributed by atoms with van der Waals surface area (Å²) in [6, 6.07) is 0. The van der Waals surface area contributed by atoms with Crippen LogP contribution in [0.1, 0.15) is 20.8 Å². The van der Waals surface area contributed by atoms with Gasteiger partial charge in [-0.1, -0.05) is 6.08 Å². The van der Waals surface area contributed by atoms with E-state index in [1.54, 1.807) is 0 Å². The Bertz CT molecular complexity index is 103. The molecule has 0 amide bonds. The van der Waals surface area contributed by atoms with Crippen molar-refractivity contribution in [2.24, 2.45) is 10.2 Å². The van der Waals surface area contributed by atoms with Gasteiger partial charge in [0, 0.05) is 0 Å². The fourth-order valence-corrected chi connectivity index (χ4v) is 0.240. The van der Waals surface area contributed by atoms with Crippen molar-refractivity contribution >= 4 is 0 Å². The van der Waals surface area contributed by atoms with Crippen molar-refractivity contribution in [3.63, 3.8) is 0 Å². The van der Waals surface area contributed by atoms with Gasteiger partial charge < -0.3 is 0 Å². The summed E-state index contributed by atoms with van der Waals surface area (Å²) >= 11 is 0. The van der Waals surface area contributed by atoms with Gasteiger partial charge in [0.25, 0.3) is 0 Å². The average Bonchev–Trinajstić information content (AvgIpc) is 1.83. The Morgan fingerprint density at radius 3 is 2.62 bits per heavy atom. The quantitative estimate of drug-likeness (QED) is 0.490. The van der Waals surface area contributed by atoms with Crippen LogP contribution in [0.2, 0.25) is 0 Å². The van der Waals surface area contributed by atoms with E-state index in [9.17, 15) is 0 Å². The van der Waals surface area contributed by atoms with Crippen molar-refractivity contribution < 1.29 is 0 Å². The lowest BCUT2D eigenvalue weighted by Crippen LogP contribution is -1.66. The molecule has 0 spiro atoms. The van der Waals surface area contributed by atoms with E-state index in [0.717, 1.165) is 12.2 Å². The van der Waals surface area contributed by atoms with Crippen LogP contribution in [0.4, 0.5) is 0 Å². The minimum Gasteiger partial charge on any atom is -0.189 e. The standard InChI is InChI=1S/C6H12N2/c1-4-6(3)8-7-5-2/h4H,5H2,1-3H3/b6-4-,8-7-. The van der Waals surface area contributed by atoms with Crippen LogP contribution in [0, 0.1) is 0 Å². The van der Waals surface area contributed by atoms with Crippen LogP contribution in [-0.4, -0.2) is 6.54 Å². The summed E-state index contributed by atoms with van der Waals surface area (Å²) in [6.45, 7) is 6.61. The smallest absolute Gasteiger partial charge is 0.0575 e. The van der Waals surface area contributed by atoms with E-state index in [2.05, 4.69) is 10.2 Å². The van der Waals surface area contributed by atoms with Crippen molar-refractivity contribution in [3.8, 4) is 0 Å². The van der Waals surface area contributed by atoms with Crippen molar-refractivity contribution in [2.75, 3.05) is 6.54 Å². The van der Waals surface area contributed by atoms with E-state index in [4.69, 9.17) is 0 Å². The van der Waals surface area contributed by atoms with E-state index in [1.807, 2.05) is 26.8 Å². The molecule has 0 aromatic rings. The van der Waals surface area contributed by atoms with Gasteiger partial charge in [-0.25, -0.2) is 0 Å². The molecule has 0 aliphatic heterocycles. The third-order valence-corrected chi connectivity index (χ3v) is 0.788. The molecule has 0 saturated carbocycles. The lowest BCUT2D eigenvalue weighted by molar-refractivity contribution is 0.965. The van der Waals surface area contributed by atoms with E-state index >= 15 is 0 Å². The fourth-order valence-electron chi connectivity index (χ4n) is 0.240. The fraction of sp³-hybridized carbons (Fsp3) is 0.667. The molecule has 8 heavy (non-hydrogen) atoms. The molecular formula is C6H12N2. The van der Waals surface area contributed by atoms with E-state index in [1.165, 1.54) is 0 Å². The molecule has 0 rings (SSSR count). The molecule has 46 valence electrons. The van der Waals surface area contributed by atoms with Crippen LogP contribution in [0.3, 0.4) is 0 Å². The van der Waals surface area contributed by atoms with Crippen molar-refractivity contribution in [3.05, 3.63) is 11.8 Å². The van der Waals surface area contributed by atoms with Gasteiger partial charge >= 0.3 is 0 Å². The normalized spacial score (nSPS) is 13.1. The summed E-state index contributed by atoms with van der Waals surface area (Å²) in [5.41, 5.74) is 0.979. The molecule has 0 radical (unpaired) electrons. The second kappa shape index (κ2) is 4.50. The maximum atomic E-state index is 3.85. The average molecular weight is 112 g/mol. The molecule has 0 unspecified atom stereocenters. The Morgan fingerprint density at radius 1 is 1.62 bits per heavy atom. The molecule has 0 aromatic heterocycles. The Labute approximate surface area is 50.3 Å². The molecule has 0 aromatic carbocycles. The van der Waals surface area contributed by atoms with Crippen LogP contribution < -0.4 is 0 Å². The van der Waals surface area contributed by atoms with Gasteiger partial charge in [-0.2, -0.15) is 10.2 Å². The van der Waals surface area contributed by atoms with Gasteiger partial charge in [-0.15, -0.1) is 0 Å². The molecule has 0 saturated heterocycles. The lowest BCUT2D eigenvalue weighted by Gasteiger charge is -1.83. The molecule has 2 heteroatoms. The first-order valence-electron chi connectivity index (χ1n) is 2.81. The highest BCUT2D eigenvalue weighted by Crippen LogP contribution is 1.92. The maximum Gasteiger partial charge on any atom is 0.0575 e. The van der Waals surface area contributed by atoms with Gasteiger partial charge in [-0.05, 0) is 20.8 Å². The van der Waals surface area contributed by atoms with Crippen molar-refractivity contribution in [1.29, 1.82) is 0 Å². The van der Waals surface area contributed by atoms with E-state index in [-0.39, 0.29) is 0 Å². The first-order chi connectivity index (χ1) is 3.81. The van der Waals surface area contributed by atoms with E-state index in [0.29, 0.717) is 0 Å². The predicted molar refractivity (Wildman–Crippen MR) is 34.8 cm³/mol. The summed E-state index contributed by atoms with van der Waals surface area (Å²) in [7, 11) is 0. The maximum absolute atomic E-state index is 3.85. The molecule has 0 heterocycles. The Balaban J connectivity index is 3.53. The zero-order chi connectivity index (χ0) is 6.41. The molecule has 2 nitrogen and oxygen atoms in total. The third-order valence-electron chi connectivity index (χ3n) is 0.788. The Hall–Kier alpha value is -0.660. The summed E-state index contributed by atoms with van der Waals surface area (Å²) in [5.74, 6) is 0. The molecule has 0 aliphatic carbocycles. The van der Waals surface area contributed by atoms with Gasteiger partial charge in [-0.3, -0.25) is 0 Å². The second-order valence-corrected chi connectivity index (χ2v) is 1.49. The van der Waals surface area contributed by atoms with Gasteiger partial charge in [0.05, 0.1) is 12.2 Å². The summed E-state index contributed by atoms with van der Waals surface area (Å²) in [5, 5.41) is 7.65. The largest absolute Gasteiger partial charge is 0.189 e.